The van der Waals surface area contributed by atoms with E-state index in [1.807, 2.05) is 138 Å². The Hall–Kier alpha value is -4.60. The molecule has 10 heteroatoms. The van der Waals surface area contributed by atoms with Crippen molar-refractivity contribution in [3.05, 3.63) is 114 Å². The van der Waals surface area contributed by atoms with Gasteiger partial charge in [-0.1, -0.05) is 0 Å². The third-order valence-electron chi connectivity index (χ3n) is 8.59. The van der Waals surface area contributed by atoms with E-state index in [0.717, 1.165) is 114 Å². The summed E-state index contributed by atoms with van der Waals surface area (Å²) in [5, 5.41) is 0. The summed E-state index contributed by atoms with van der Waals surface area (Å²) in [6.07, 6.45) is 0. The van der Waals surface area contributed by atoms with Crippen LogP contribution in [0.15, 0.2) is 0 Å². The molecule has 0 atom stereocenters. The minimum absolute atomic E-state index is 1.03. The first-order chi connectivity index (χ1) is 23.0. The predicted octanol–water partition coefficient (Wildman–Crippen LogP) is 8.55. The second-order valence-electron chi connectivity index (χ2n) is 12.8. The zero-order chi connectivity index (χ0) is 38.6. The van der Waals surface area contributed by atoms with Crippen LogP contribution in [-0.2, 0) is 0 Å². The SMILES string of the molecule is Cc1nc(C)c(C)nc1C.Cc1nc(C)c(C)nc1C.Cc1nc(C)c(C)nc1C.Cc1nc(C)c(C)nc1C.Cc1nc(C)c(C)nc1C. The molecule has 0 saturated heterocycles. The summed E-state index contributed by atoms with van der Waals surface area (Å²) in [4.78, 5) is 43.1. The zero-order valence-electron chi connectivity index (χ0n) is 34.5. The van der Waals surface area contributed by atoms with Crippen LogP contribution in [0.2, 0.25) is 0 Å². The quantitative estimate of drug-likeness (QED) is 0.157. The van der Waals surface area contributed by atoms with Crippen molar-refractivity contribution in [2.75, 3.05) is 0 Å². The van der Waals surface area contributed by atoms with E-state index >= 15 is 0 Å². The van der Waals surface area contributed by atoms with Gasteiger partial charge in [0, 0.05) is 0 Å². The van der Waals surface area contributed by atoms with Crippen LogP contribution in [-0.4, -0.2) is 49.8 Å². The van der Waals surface area contributed by atoms with Gasteiger partial charge in [0.2, 0.25) is 0 Å². The molecule has 0 N–H and O–H groups in total. The molecule has 0 spiro atoms. The van der Waals surface area contributed by atoms with E-state index in [0.29, 0.717) is 0 Å². The summed E-state index contributed by atoms with van der Waals surface area (Å²) in [6.45, 7) is 39.6. The monoisotopic (exact) mass is 681 g/mol. The molecule has 0 saturated carbocycles. The molecule has 0 aromatic carbocycles. The fourth-order valence-electron chi connectivity index (χ4n) is 4.13. The zero-order valence-corrected chi connectivity index (χ0v) is 34.5. The molecule has 5 aromatic heterocycles. The van der Waals surface area contributed by atoms with Gasteiger partial charge in [0.05, 0.1) is 114 Å². The van der Waals surface area contributed by atoms with Crippen LogP contribution in [0.4, 0.5) is 0 Å². The minimum Gasteiger partial charge on any atom is -0.255 e. The second-order valence-corrected chi connectivity index (χ2v) is 12.8. The van der Waals surface area contributed by atoms with Crippen LogP contribution >= 0.6 is 0 Å². The molecule has 0 bridgehead atoms. The average Bonchev–Trinajstić information content (AvgIpc) is 3.02. The summed E-state index contributed by atoms with van der Waals surface area (Å²) >= 11 is 0. The van der Waals surface area contributed by atoms with Crippen LogP contribution in [0.3, 0.4) is 0 Å². The highest BCUT2D eigenvalue weighted by atomic mass is 14.9. The first kappa shape index (κ1) is 43.4. The van der Waals surface area contributed by atoms with Gasteiger partial charge in [-0.2, -0.15) is 0 Å². The van der Waals surface area contributed by atoms with Crippen molar-refractivity contribution in [1.82, 2.24) is 49.8 Å². The highest BCUT2D eigenvalue weighted by molar-refractivity contribution is 5.19. The predicted molar refractivity (Wildman–Crippen MR) is 205 cm³/mol. The van der Waals surface area contributed by atoms with E-state index < -0.39 is 0 Å². The number of nitrogens with zero attached hydrogens (tertiary/aromatic N) is 10. The van der Waals surface area contributed by atoms with Crippen LogP contribution in [0, 0.1) is 138 Å². The molecule has 0 aliphatic heterocycles. The fraction of sp³-hybridized carbons (Fsp3) is 0.500. The highest BCUT2D eigenvalue weighted by Crippen LogP contribution is 2.07. The van der Waals surface area contributed by atoms with Gasteiger partial charge in [0.25, 0.3) is 0 Å². The van der Waals surface area contributed by atoms with Gasteiger partial charge in [-0.3, -0.25) is 49.8 Å². The Balaban J connectivity index is 0.000000312. The molecule has 0 radical (unpaired) electrons. The summed E-state index contributed by atoms with van der Waals surface area (Å²) in [5.41, 5.74) is 20.6. The number of aromatic nitrogens is 10. The molecular weight excluding hydrogens is 621 g/mol. The summed E-state index contributed by atoms with van der Waals surface area (Å²) < 4.78 is 0. The summed E-state index contributed by atoms with van der Waals surface area (Å²) in [7, 11) is 0. The van der Waals surface area contributed by atoms with Gasteiger partial charge >= 0.3 is 0 Å². The number of aryl methyl sites for hydroxylation is 20. The van der Waals surface area contributed by atoms with Crippen molar-refractivity contribution in [1.29, 1.82) is 0 Å². The third-order valence-corrected chi connectivity index (χ3v) is 8.59. The van der Waals surface area contributed by atoms with E-state index in [4.69, 9.17) is 0 Å². The summed E-state index contributed by atoms with van der Waals surface area (Å²) in [6, 6.07) is 0. The molecule has 10 nitrogen and oxygen atoms in total. The second kappa shape index (κ2) is 19.6. The molecule has 270 valence electrons. The van der Waals surface area contributed by atoms with E-state index in [1.165, 1.54) is 0 Å². The standard InChI is InChI=1S/5C8H12N2/c5*1-5-6(2)10-8(4)7(3)9-5/h5*1-4H3. The molecule has 50 heavy (non-hydrogen) atoms. The average molecular weight is 681 g/mol. The number of hydrogen-bond donors (Lipinski definition) is 0. The maximum absolute atomic E-state index is 4.31. The first-order valence-electron chi connectivity index (χ1n) is 17.0. The van der Waals surface area contributed by atoms with Crippen molar-refractivity contribution in [3.63, 3.8) is 0 Å². The Morgan fingerprint density at radius 3 is 0.200 bits per heavy atom. The molecule has 0 unspecified atom stereocenters. The molecule has 0 fully saturated rings. The van der Waals surface area contributed by atoms with Crippen molar-refractivity contribution in [2.45, 2.75) is 138 Å². The molecule has 0 aliphatic carbocycles. The first-order valence-corrected chi connectivity index (χ1v) is 17.0. The minimum atomic E-state index is 1.03. The smallest absolute Gasteiger partial charge is 0.0588 e. The van der Waals surface area contributed by atoms with E-state index in [1.54, 1.807) is 0 Å². The van der Waals surface area contributed by atoms with Gasteiger partial charge < -0.3 is 0 Å². The van der Waals surface area contributed by atoms with Gasteiger partial charge in [-0.15, -0.1) is 0 Å². The van der Waals surface area contributed by atoms with Gasteiger partial charge in [0.15, 0.2) is 0 Å². The van der Waals surface area contributed by atoms with Gasteiger partial charge in [-0.25, -0.2) is 0 Å². The maximum Gasteiger partial charge on any atom is 0.0588 e. The highest BCUT2D eigenvalue weighted by Gasteiger charge is 2.02. The van der Waals surface area contributed by atoms with Crippen LogP contribution in [0.25, 0.3) is 0 Å². The van der Waals surface area contributed by atoms with Gasteiger partial charge in [-0.05, 0) is 138 Å². The number of rotatable bonds is 0. The normalized spacial score (nSPS) is 10.0. The van der Waals surface area contributed by atoms with Crippen LogP contribution in [0.1, 0.15) is 114 Å². The lowest BCUT2D eigenvalue weighted by Gasteiger charge is -2.01. The largest absolute Gasteiger partial charge is 0.255 e. The van der Waals surface area contributed by atoms with Crippen LogP contribution < -0.4 is 0 Å². The Morgan fingerprint density at radius 2 is 0.160 bits per heavy atom. The third kappa shape index (κ3) is 13.7. The molecule has 0 aliphatic rings. The topological polar surface area (TPSA) is 129 Å². The van der Waals surface area contributed by atoms with E-state index in [9.17, 15) is 0 Å². The van der Waals surface area contributed by atoms with Crippen molar-refractivity contribution in [2.24, 2.45) is 0 Å². The van der Waals surface area contributed by atoms with Crippen LogP contribution in [0.5, 0.6) is 0 Å². The van der Waals surface area contributed by atoms with Crippen molar-refractivity contribution < 1.29 is 0 Å². The lowest BCUT2D eigenvalue weighted by molar-refractivity contribution is 0.959. The Bertz CT molecular complexity index is 1340. The van der Waals surface area contributed by atoms with E-state index in [2.05, 4.69) is 49.8 Å². The lowest BCUT2D eigenvalue weighted by Crippen LogP contribution is -1.97. The fourth-order valence-corrected chi connectivity index (χ4v) is 4.13. The molecular formula is C40H60N10. The van der Waals surface area contributed by atoms with Crippen molar-refractivity contribution in [3.8, 4) is 0 Å². The lowest BCUT2D eigenvalue weighted by atomic mass is 10.3. The molecule has 5 heterocycles. The van der Waals surface area contributed by atoms with Gasteiger partial charge in [0.1, 0.15) is 0 Å². The Kier molecular flexibility index (Phi) is 17.0. The summed E-state index contributed by atoms with van der Waals surface area (Å²) in [5.74, 6) is 0. The Morgan fingerprint density at radius 1 is 0.120 bits per heavy atom. The number of hydrogen-bond acceptors (Lipinski definition) is 10. The van der Waals surface area contributed by atoms with E-state index in [-0.39, 0.29) is 0 Å². The molecule has 5 aromatic rings. The molecule has 5 rings (SSSR count). The molecule has 0 amide bonds. The Labute approximate surface area is 301 Å². The van der Waals surface area contributed by atoms with Crippen molar-refractivity contribution >= 4 is 0 Å². The maximum atomic E-state index is 4.31.